The molecule has 43 heavy (non-hydrogen) atoms. The zero-order chi connectivity index (χ0) is 30.8. The second-order valence-corrected chi connectivity index (χ2v) is 11.3. The van der Waals surface area contributed by atoms with Crippen LogP contribution in [0, 0.1) is 6.92 Å². The van der Waals surface area contributed by atoms with Gasteiger partial charge in [0, 0.05) is 42.1 Å². The van der Waals surface area contributed by atoms with Gasteiger partial charge in [-0.3, -0.25) is 19.2 Å². The minimum atomic E-state index is -0.806. The lowest BCUT2D eigenvalue weighted by atomic mass is 9.92. The first kappa shape index (κ1) is 31.9. The molecule has 0 aliphatic carbocycles. The fourth-order valence-electron chi connectivity index (χ4n) is 5.29. The maximum Gasteiger partial charge on any atom is 0.246 e. The average molecular weight is 603 g/mol. The van der Waals surface area contributed by atoms with Crippen LogP contribution in [0.3, 0.4) is 0 Å². The highest BCUT2D eigenvalue weighted by Gasteiger charge is 2.36. The first-order chi connectivity index (χ1) is 20.8. The van der Waals surface area contributed by atoms with Crippen LogP contribution in [0.5, 0.6) is 0 Å². The van der Waals surface area contributed by atoms with Gasteiger partial charge in [-0.15, -0.1) is 0 Å². The monoisotopic (exact) mass is 602 g/mol. The van der Waals surface area contributed by atoms with Crippen LogP contribution in [-0.4, -0.2) is 54.1 Å². The molecular formula is C34H39ClN4O4. The summed E-state index contributed by atoms with van der Waals surface area (Å²) in [6.07, 6.45) is 2.36. The minimum Gasteiger partial charge on any atom is -0.342 e. The van der Waals surface area contributed by atoms with Crippen molar-refractivity contribution in [1.82, 2.24) is 15.5 Å². The summed E-state index contributed by atoms with van der Waals surface area (Å²) in [6, 6.07) is 20.2. The number of fused-ring (bicyclic) bond motifs is 1. The number of aryl methyl sites for hydroxylation is 1. The van der Waals surface area contributed by atoms with Crippen molar-refractivity contribution in [3.8, 4) is 0 Å². The highest BCUT2D eigenvalue weighted by atomic mass is 35.5. The summed E-state index contributed by atoms with van der Waals surface area (Å²) < 4.78 is 0. The van der Waals surface area contributed by atoms with Gasteiger partial charge in [-0.2, -0.15) is 0 Å². The van der Waals surface area contributed by atoms with Gasteiger partial charge >= 0.3 is 0 Å². The quantitative estimate of drug-likeness (QED) is 0.187. The molecule has 1 heterocycles. The van der Waals surface area contributed by atoms with Crippen LogP contribution in [-0.2, 0) is 27.3 Å². The zero-order valence-corrected chi connectivity index (χ0v) is 25.5. The smallest absolute Gasteiger partial charge is 0.246 e. The standard InChI is InChI=1S/C34H39ClN4O4/c1-23-20-27(15-16-28(23)35)37-33(42)29(14-8-9-19-36-2)38-34(43)30-21-25-12-6-7-13-26(25)22-39(30)32(41)18-17-31(40)24-10-4-3-5-11-24/h3-7,10-13,15-16,20,29-30,36H,8-9,14,17-19,21-22H2,1-2H3,(H,37,42)(H,38,43)/t29-,30-/m0/s1. The van der Waals surface area contributed by atoms with Crippen LogP contribution in [0.15, 0.2) is 72.8 Å². The highest BCUT2D eigenvalue weighted by molar-refractivity contribution is 6.31. The van der Waals surface area contributed by atoms with Crippen LogP contribution in [0.2, 0.25) is 5.02 Å². The van der Waals surface area contributed by atoms with E-state index in [1.54, 1.807) is 47.4 Å². The molecular weight excluding hydrogens is 564 g/mol. The number of rotatable bonds is 13. The van der Waals surface area contributed by atoms with Crippen molar-refractivity contribution in [3.63, 3.8) is 0 Å². The number of carbonyl (C=O) groups is 4. The number of benzene rings is 3. The highest BCUT2D eigenvalue weighted by Crippen LogP contribution is 2.25. The lowest BCUT2D eigenvalue weighted by Gasteiger charge is -2.37. The molecule has 0 spiro atoms. The van der Waals surface area contributed by atoms with Gasteiger partial charge in [-0.05, 0) is 74.7 Å². The second kappa shape index (κ2) is 15.5. The Balaban J connectivity index is 1.50. The lowest BCUT2D eigenvalue weighted by Crippen LogP contribution is -2.56. The number of ketones is 1. The molecule has 3 N–H and O–H groups in total. The normalized spacial score (nSPS) is 14.9. The van der Waals surface area contributed by atoms with Crippen LogP contribution < -0.4 is 16.0 Å². The van der Waals surface area contributed by atoms with E-state index in [0.29, 0.717) is 29.1 Å². The van der Waals surface area contributed by atoms with E-state index in [9.17, 15) is 19.2 Å². The minimum absolute atomic E-state index is 0.0104. The number of anilines is 1. The summed E-state index contributed by atoms with van der Waals surface area (Å²) in [5.74, 6) is -1.12. The number of Topliss-reactive ketones (excluding diaryl/α,β-unsaturated/α-hetero) is 1. The number of halogens is 1. The molecule has 3 amide bonds. The molecule has 1 aliphatic rings. The van der Waals surface area contributed by atoms with Crippen molar-refractivity contribution in [1.29, 1.82) is 0 Å². The first-order valence-electron chi connectivity index (χ1n) is 14.7. The van der Waals surface area contributed by atoms with Crippen molar-refractivity contribution >= 4 is 40.8 Å². The van der Waals surface area contributed by atoms with Crippen molar-refractivity contribution in [2.24, 2.45) is 0 Å². The number of amides is 3. The van der Waals surface area contributed by atoms with Gasteiger partial charge < -0.3 is 20.9 Å². The Bertz CT molecular complexity index is 1450. The summed E-state index contributed by atoms with van der Waals surface area (Å²) in [7, 11) is 1.87. The van der Waals surface area contributed by atoms with Gasteiger partial charge in [0.1, 0.15) is 12.1 Å². The van der Waals surface area contributed by atoms with Crippen molar-refractivity contribution < 1.29 is 19.2 Å². The third kappa shape index (κ3) is 8.75. The Morgan fingerprint density at radius 2 is 1.65 bits per heavy atom. The molecule has 0 saturated carbocycles. The van der Waals surface area contributed by atoms with Gasteiger partial charge in [0.25, 0.3) is 0 Å². The Morgan fingerprint density at radius 3 is 2.37 bits per heavy atom. The van der Waals surface area contributed by atoms with Crippen molar-refractivity contribution in [2.75, 3.05) is 18.9 Å². The summed E-state index contributed by atoms with van der Waals surface area (Å²) >= 11 is 6.15. The largest absolute Gasteiger partial charge is 0.342 e. The Hall–Kier alpha value is -4.01. The number of hydrogen-bond donors (Lipinski definition) is 3. The molecule has 0 radical (unpaired) electrons. The van der Waals surface area contributed by atoms with E-state index in [2.05, 4.69) is 16.0 Å². The summed E-state index contributed by atoms with van der Waals surface area (Å²) in [4.78, 5) is 55.0. The summed E-state index contributed by atoms with van der Waals surface area (Å²) in [5.41, 5.74) is 3.92. The van der Waals surface area contributed by atoms with E-state index < -0.39 is 18.0 Å². The van der Waals surface area contributed by atoms with Crippen LogP contribution in [0.4, 0.5) is 5.69 Å². The van der Waals surface area contributed by atoms with Gasteiger partial charge in [0.2, 0.25) is 17.7 Å². The third-order valence-electron chi connectivity index (χ3n) is 7.76. The zero-order valence-electron chi connectivity index (χ0n) is 24.7. The molecule has 3 aromatic rings. The van der Waals surface area contributed by atoms with Crippen molar-refractivity contribution in [2.45, 2.75) is 64.1 Å². The molecule has 9 heteroatoms. The Labute approximate surface area is 258 Å². The van der Waals surface area contributed by atoms with Crippen LogP contribution >= 0.6 is 11.6 Å². The lowest BCUT2D eigenvalue weighted by molar-refractivity contribution is -0.142. The number of carbonyl (C=O) groups excluding carboxylic acids is 4. The van der Waals surface area contributed by atoms with Gasteiger partial charge in [-0.25, -0.2) is 0 Å². The maximum atomic E-state index is 13.9. The molecule has 8 nitrogen and oxygen atoms in total. The molecule has 4 rings (SSSR count). The molecule has 3 aromatic carbocycles. The van der Waals surface area contributed by atoms with Crippen LogP contribution in [0.1, 0.15) is 59.2 Å². The molecule has 0 saturated heterocycles. The predicted molar refractivity (Wildman–Crippen MR) is 169 cm³/mol. The molecule has 0 fully saturated rings. The Kier molecular flexibility index (Phi) is 11.5. The van der Waals surface area contributed by atoms with E-state index in [1.165, 1.54) is 0 Å². The molecule has 0 unspecified atom stereocenters. The molecule has 226 valence electrons. The van der Waals surface area contributed by atoms with E-state index >= 15 is 0 Å². The van der Waals surface area contributed by atoms with Gasteiger partial charge in [0.05, 0.1) is 0 Å². The van der Waals surface area contributed by atoms with Crippen LogP contribution in [0.25, 0.3) is 0 Å². The van der Waals surface area contributed by atoms with Crippen molar-refractivity contribution in [3.05, 3.63) is 100 Å². The summed E-state index contributed by atoms with van der Waals surface area (Å²) in [6.45, 7) is 2.91. The molecule has 0 aromatic heterocycles. The molecule has 2 atom stereocenters. The van der Waals surface area contributed by atoms with Gasteiger partial charge in [-0.1, -0.05) is 66.2 Å². The van der Waals surface area contributed by atoms with E-state index in [1.807, 2.05) is 44.3 Å². The molecule has 1 aliphatic heterocycles. The number of hydrogen-bond acceptors (Lipinski definition) is 5. The van der Waals surface area contributed by atoms with E-state index in [-0.39, 0.29) is 37.0 Å². The fraction of sp³-hybridized carbons (Fsp3) is 0.353. The first-order valence-corrected chi connectivity index (χ1v) is 15.1. The number of nitrogens with one attached hydrogen (secondary N) is 3. The maximum absolute atomic E-state index is 13.9. The van der Waals surface area contributed by atoms with Gasteiger partial charge in [0.15, 0.2) is 5.78 Å². The van der Waals surface area contributed by atoms with E-state index in [4.69, 9.17) is 11.6 Å². The summed E-state index contributed by atoms with van der Waals surface area (Å²) in [5, 5.41) is 9.57. The van der Waals surface area contributed by atoms with E-state index in [0.717, 1.165) is 36.1 Å². The third-order valence-corrected chi connectivity index (χ3v) is 8.19. The number of nitrogens with zero attached hydrogens (tertiary/aromatic N) is 1. The predicted octanol–water partition coefficient (Wildman–Crippen LogP) is 5.08. The SMILES string of the molecule is CNCCCC[C@H](NC(=O)[C@@H]1Cc2ccccc2CN1C(=O)CCC(=O)c1ccccc1)C(=O)Nc1ccc(Cl)c(C)c1. The fourth-order valence-corrected chi connectivity index (χ4v) is 5.41. The number of unbranched alkanes of at least 4 members (excludes halogenated alkanes) is 1. The Morgan fingerprint density at radius 1 is 0.930 bits per heavy atom. The topological polar surface area (TPSA) is 108 Å². The molecule has 0 bridgehead atoms. The average Bonchev–Trinajstić information content (AvgIpc) is 3.02. The second-order valence-electron chi connectivity index (χ2n) is 10.9.